The molecule has 0 saturated heterocycles. The molecule has 0 aliphatic carbocycles. The van der Waals surface area contributed by atoms with E-state index in [1.54, 1.807) is 6.26 Å². The summed E-state index contributed by atoms with van der Waals surface area (Å²) in [6, 6.07) is 26.5. The quantitative estimate of drug-likeness (QED) is 0.381. The van der Waals surface area contributed by atoms with E-state index in [0.717, 1.165) is 39.2 Å². The zero-order valence-electron chi connectivity index (χ0n) is 14.9. The lowest BCUT2D eigenvalue weighted by atomic mass is 10.1. The monoisotopic (exact) mass is 361 g/mol. The molecule has 4 nitrogen and oxygen atoms in total. The molecule has 0 aliphatic rings. The van der Waals surface area contributed by atoms with Crippen LogP contribution in [0.2, 0.25) is 0 Å². The van der Waals surface area contributed by atoms with Crippen molar-refractivity contribution in [2.24, 2.45) is 0 Å². The molecule has 0 atom stereocenters. The number of benzene rings is 2. The first-order valence-corrected chi connectivity index (χ1v) is 9.19. The van der Waals surface area contributed by atoms with Gasteiger partial charge in [-0.3, -0.25) is 4.57 Å². The van der Waals surface area contributed by atoms with Crippen LogP contribution in [-0.2, 0) is 0 Å². The standard InChI is InChI=1S/C24H15N3O/c1-3-10-18-16(8-1)22-17-9-2-4-11-19(17)27(21-13-5-6-14-25-21)24(22)23(26-18)20-12-7-15-28-20/h1-15H. The minimum Gasteiger partial charge on any atom is -0.463 e. The average Bonchev–Trinajstić information content (AvgIpc) is 3.40. The Labute approximate surface area is 160 Å². The van der Waals surface area contributed by atoms with Gasteiger partial charge in [-0.2, -0.15) is 0 Å². The van der Waals surface area contributed by atoms with Gasteiger partial charge in [0.2, 0.25) is 0 Å². The van der Waals surface area contributed by atoms with Crippen LogP contribution in [0.3, 0.4) is 0 Å². The molecule has 2 aromatic carbocycles. The van der Waals surface area contributed by atoms with Gasteiger partial charge in [0.05, 0.1) is 22.8 Å². The van der Waals surface area contributed by atoms with E-state index < -0.39 is 0 Å². The highest BCUT2D eigenvalue weighted by Gasteiger charge is 2.21. The Kier molecular flexibility index (Phi) is 3.14. The molecule has 0 bridgehead atoms. The van der Waals surface area contributed by atoms with Crippen molar-refractivity contribution in [2.75, 3.05) is 0 Å². The first kappa shape index (κ1) is 15.2. The fourth-order valence-corrected chi connectivity index (χ4v) is 4.00. The van der Waals surface area contributed by atoms with Crippen molar-refractivity contribution in [2.45, 2.75) is 0 Å². The molecule has 6 rings (SSSR count). The molecule has 28 heavy (non-hydrogen) atoms. The molecule has 0 aliphatic heterocycles. The molecular formula is C24H15N3O. The molecule has 0 radical (unpaired) electrons. The normalized spacial score (nSPS) is 11.6. The minimum absolute atomic E-state index is 0.746. The second-order valence-corrected chi connectivity index (χ2v) is 6.72. The SMILES string of the molecule is c1ccc(-n2c3ccccc3c3c4ccccc4nc(-c4ccco4)c32)nc1. The summed E-state index contributed by atoms with van der Waals surface area (Å²) in [6.07, 6.45) is 3.50. The number of para-hydroxylation sites is 2. The van der Waals surface area contributed by atoms with Crippen molar-refractivity contribution >= 4 is 32.7 Å². The molecule has 4 aromatic heterocycles. The van der Waals surface area contributed by atoms with Gasteiger partial charge in [0, 0.05) is 22.4 Å². The van der Waals surface area contributed by atoms with Crippen molar-refractivity contribution in [1.82, 2.24) is 14.5 Å². The highest BCUT2D eigenvalue weighted by Crippen LogP contribution is 2.40. The van der Waals surface area contributed by atoms with Gasteiger partial charge in [0.25, 0.3) is 0 Å². The first-order valence-electron chi connectivity index (χ1n) is 9.19. The predicted molar refractivity (Wildman–Crippen MR) is 112 cm³/mol. The first-order chi connectivity index (χ1) is 13.9. The Hall–Kier alpha value is -3.92. The second-order valence-electron chi connectivity index (χ2n) is 6.72. The van der Waals surface area contributed by atoms with E-state index >= 15 is 0 Å². The third-order valence-corrected chi connectivity index (χ3v) is 5.14. The number of pyridine rings is 2. The third kappa shape index (κ3) is 2.06. The van der Waals surface area contributed by atoms with Crippen LogP contribution in [0.5, 0.6) is 0 Å². The summed E-state index contributed by atoms with van der Waals surface area (Å²) in [5.41, 5.74) is 3.88. The van der Waals surface area contributed by atoms with Crippen LogP contribution in [-0.4, -0.2) is 14.5 Å². The highest BCUT2D eigenvalue weighted by atomic mass is 16.3. The number of rotatable bonds is 2. The van der Waals surface area contributed by atoms with Crippen LogP contribution in [0.15, 0.2) is 95.7 Å². The van der Waals surface area contributed by atoms with E-state index in [2.05, 4.69) is 45.9 Å². The molecule has 0 spiro atoms. The van der Waals surface area contributed by atoms with Crippen LogP contribution >= 0.6 is 0 Å². The van der Waals surface area contributed by atoms with Crippen LogP contribution in [0.4, 0.5) is 0 Å². The third-order valence-electron chi connectivity index (χ3n) is 5.14. The van der Waals surface area contributed by atoms with Crippen molar-refractivity contribution < 1.29 is 4.42 Å². The Balaban J connectivity index is 1.94. The van der Waals surface area contributed by atoms with Crippen LogP contribution < -0.4 is 0 Å². The summed E-state index contributed by atoms with van der Waals surface area (Å²) < 4.78 is 7.95. The van der Waals surface area contributed by atoms with Gasteiger partial charge in [-0.15, -0.1) is 0 Å². The number of hydrogen-bond donors (Lipinski definition) is 0. The lowest BCUT2D eigenvalue weighted by Gasteiger charge is -2.10. The molecule has 4 heteroatoms. The van der Waals surface area contributed by atoms with Crippen molar-refractivity contribution in [3.05, 3.63) is 91.3 Å². The number of nitrogens with zero attached hydrogens (tertiary/aromatic N) is 3. The zero-order valence-corrected chi connectivity index (χ0v) is 14.9. The smallest absolute Gasteiger partial charge is 0.154 e. The largest absolute Gasteiger partial charge is 0.463 e. The van der Waals surface area contributed by atoms with Gasteiger partial charge in [0.1, 0.15) is 11.5 Å². The summed E-state index contributed by atoms with van der Waals surface area (Å²) in [7, 11) is 0. The van der Waals surface area contributed by atoms with E-state index in [4.69, 9.17) is 9.40 Å². The van der Waals surface area contributed by atoms with Gasteiger partial charge in [-0.25, -0.2) is 9.97 Å². The van der Waals surface area contributed by atoms with Crippen LogP contribution in [0.25, 0.3) is 50.0 Å². The van der Waals surface area contributed by atoms with Crippen molar-refractivity contribution in [3.8, 4) is 17.3 Å². The molecular weight excluding hydrogens is 346 g/mol. The van der Waals surface area contributed by atoms with Crippen LogP contribution in [0, 0.1) is 0 Å². The van der Waals surface area contributed by atoms with Crippen molar-refractivity contribution in [3.63, 3.8) is 0 Å². The summed E-state index contributed by atoms with van der Waals surface area (Å²) >= 11 is 0. The van der Waals surface area contributed by atoms with Gasteiger partial charge >= 0.3 is 0 Å². The Morgan fingerprint density at radius 3 is 2.39 bits per heavy atom. The minimum atomic E-state index is 0.746. The van der Waals surface area contributed by atoms with E-state index in [1.165, 1.54) is 10.8 Å². The molecule has 0 fully saturated rings. The summed E-state index contributed by atoms with van der Waals surface area (Å²) in [5, 5.41) is 3.46. The summed E-state index contributed by atoms with van der Waals surface area (Å²) in [5.74, 6) is 1.61. The number of aromatic nitrogens is 3. The fraction of sp³-hybridized carbons (Fsp3) is 0. The summed E-state index contributed by atoms with van der Waals surface area (Å²) in [4.78, 5) is 9.61. The van der Waals surface area contributed by atoms with E-state index in [0.29, 0.717) is 0 Å². The van der Waals surface area contributed by atoms with Gasteiger partial charge in [0.15, 0.2) is 5.76 Å². The zero-order chi connectivity index (χ0) is 18.5. The Morgan fingerprint density at radius 1 is 0.750 bits per heavy atom. The molecule has 0 amide bonds. The van der Waals surface area contributed by atoms with Crippen LogP contribution in [0.1, 0.15) is 0 Å². The predicted octanol–water partition coefficient (Wildman–Crippen LogP) is 5.99. The van der Waals surface area contributed by atoms with E-state index in [-0.39, 0.29) is 0 Å². The maximum Gasteiger partial charge on any atom is 0.154 e. The molecule has 132 valence electrons. The molecule has 4 heterocycles. The lowest BCUT2D eigenvalue weighted by molar-refractivity contribution is 0.581. The van der Waals surface area contributed by atoms with Crippen molar-refractivity contribution in [1.29, 1.82) is 0 Å². The topological polar surface area (TPSA) is 43.9 Å². The molecule has 6 aromatic rings. The maximum absolute atomic E-state index is 5.77. The Bertz CT molecular complexity index is 1450. The molecule has 0 saturated carbocycles. The van der Waals surface area contributed by atoms with E-state index in [9.17, 15) is 0 Å². The Morgan fingerprint density at radius 2 is 1.57 bits per heavy atom. The second kappa shape index (κ2) is 5.79. The maximum atomic E-state index is 5.77. The highest BCUT2D eigenvalue weighted by molar-refractivity contribution is 6.23. The molecule has 0 N–H and O–H groups in total. The van der Waals surface area contributed by atoms with Gasteiger partial charge in [-0.05, 0) is 36.4 Å². The number of hydrogen-bond acceptors (Lipinski definition) is 3. The summed E-state index contributed by atoms with van der Waals surface area (Å²) in [6.45, 7) is 0. The average molecular weight is 361 g/mol. The van der Waals surface area contributed by atoms with Gasteiger partial charge in [-0.1, -0.05) is 42.5 Å². The fourth-order valence-electron chi connectivity index (χ4n) is 4.00. The lowest BCUT2D eigenvalue weighted by Crippen LogP contribution is -1.99. The molecule has 0 unspecified atom stereocenters. The van der Waals surface area contributed by atoms with E-state index in [1.807, 2.05) is 48.7 Å². The number of fused-ring (bicyclic) bond motifs is 5. The van der Waals surface area contributed by atoms with Gasteiger partial charge < -0.3 is 4.42 Å². The number of furan rings is 1.